The first-order chi connectivity index (χ1) is 41.8. The molecular formula is C64H93N13O12S. The number of thioether (sulfide) groups is 1. The van der Waals surface area contributed by atoms with E-state index in [1.54, 1.807) is 127 Å². The number of pyridine rings is 1. The standard InChI is InChI=1S/C16H19NO3.C13H14N2O3.C12H19NO3.C9H11N3O.C7H12N4O.C5H10N2OS.2CH4/c1-11-10-15(19)17(16(11)20)14-8-6-13(7-9-14)5-3-4-12(2)18;1-8-7-12(17)15(13(8)18)11-5-3-10(4-6-11)14-9(2)16;1-9-8-11(15)13(12(9)16)7-5-3-4-6-10(2)14;1-3-11-12-9-5-4-8(6-10-9)7(2)13;1-8-7(12)4-3-6-5-11(2)10-9-6;1-6-7-5(8)3-4-9-2;;/h6-9,11H,3-5,10H2,1-2H3;3-6,8H,7H2,1-2H3,(H,14,16);9H,3-8H2,1-2H3;3-6H,1-2H3,(H,10,12);5H,3-4H2,1-2H3,(H,8,12);3-4H2,1-2H3;2*1H4/b;;;11-3+;;;;. The fraction of sp³-hybridized carbons (Fsp3) is 0.500. The van der Waals surface area contributed by atoms with Crippen LogP contribution >= 0.6 is 11.8 Å². The van der Waals surface area contributed by atoms with Crippen molar-refractivity contribution in [3.05, 3.63) is 89.9 Å². The number of aromatic nitrogens is 4. The van der Waals surface area contributed by atoms with Gasteiger partial charge in [0.25, 0.3) is 5.91 Å². The second-order valence-corrected chi connectivity index (χ2v) is 21.8. The molecule has 7 rings (SSSR count). The smallest absolute Gasteiger partial charge is 0.265 e. The quantitative estimate of drug-likeness (QED) is 0.0165. The Morgan fingerprint density at radius 1 is 0.678 bits per heavy atom. The van der Waals surface area contributed by atoms with E-state index >= 15 is 0 Å². The second-order valence-electron chi connectivity index (χ2n) is 20.8. The second kappa shape index (κ2) is 43.8. The number of ketones is 3. The van der Waals surface area contributed by atoms with Gasteiger partial charge in [0.1, 0.15) is 17.4 Å². The fourth-order valence-electron chi connectivity index (χ4n) is 8.29. The zero-order valence-corrected chi connectivity index (χ0v) is 53.4. The summed E-state index contributed by atoms with van der Waals surface area (Å²) in [6, 6.07) is 17.5. The number of rotatable bonds is 22. The number of aryl methyl sites for hydroxylation is 3. The van der Waals surface area contributed by atoms with E-state index in [0.717, 1.165) is 49.1 Å². The van der Waals surface area contributed by atoms with Crippen molar-refractivity contribution in [3.63, 3.8) is 0 Å². The Kier molecular flexibility index (Phi) is 39.5. The molecule has 2 aromatic heterocycles. The molecule has 0 saturated carbocycles. The van der Waals surface area contributed by atoms with E-state index in [4.69, 9.17) is 0 Å². The number of hydrogen-bond acceptors (Lipinski definition) is 19. The van der Waals surface area contributed by atoms with E-state index < -0.39 is 0 Å². The molecule has 3 aliphatic rings. The number of hydrogen-bond donors (Lipinski definition) is 3. The molecule has 3 fully saturated rings. The van der Waals surface area contributed by atoms with Crippen LogP contribution in [0.1, 0.15) is 162 Å². The summed E-state index contributed by atoms with van der Waals surface area (Å²) in [5.74, 6) is 0.260. The lowest BCUT2D eigenvalue weighted by Crippen LogP contribution is -2.31. The first-order valence-corrected chi connectivity index (χ1v) is 30.3. The number of nitrogens with zero attached hydrogens (tertiary/aromatic N) is 10. The molecule has 0 bridgehead atoms. The van der Waals surface area contributed by atoms with Gasteiger partial charge in [-0.25, -0.2) is 4.98 Å². The predicted molar refractivity (Wildman–Crippen MR) is 351 cm³/mol. The molecule has 3 aliphatic heterocycles. The number of likely N-dealkylation sites (tertiary alicyclic amines) is 1. The summed E-state index contributed by atoms with van der Waals surface area (Å²) in [5.41, 5.74) is 7.09. The maximum atomic E-state index is 11.9. The van der Waals surface area contributed by atoms with Gasteiger partial charge in [0.2, 0.25) is 47.3 Å². The largest absolute Gasteiger partial charge is 0.359 e. The van der Waals surface area contributed by atoms with Crippen molar-refractivity contribution in [3.8, 4) is 0 Å². The minimum atomic E-state index is -0.257. The molecular weight excluding hydrogens is 1170 g/mol. The van der Waals surface area contributed by atoms with Gasteiger partial charge < -0.3 is 20.2 Å². The van der Waals surface area contributed by atoms with E-state index in [9.17, 15) is 57.5 Å². The molecule has 0 radical (unpaired) electrons. The third-order valence-electron chi connectivity index (χ3n) is 13.0. The van der Waals surface area contributed by atoms with Crippen molar-refractivity contribution >= 4 is 111 Å². The topological polar surface area (TPSA) is 331 Å². The van der Waals surface area contributed by atoms with Crippen LogP contribution in [0.25, 0.3) is 0 Å². The number of azo groups is 1. The zero-order valence-electron chi connectivity index (χ0n) is 52.6. The summed E-state index contributed by atoms with van der Waals surface area (Å²) in [7, 11) is 4.92. The van der Waals surface area contributed by atoms with Crippen LogP contribution in [0.5, 0.6) is 0 Å². The third kappa shape index (κ3) is 30.4. The molecule has 4 aromatic rings. The number of benzene rings is 2. The summed E-state index contributed by atoms with van der Waals surface area (Å²) in [6.07, 6.45) is 14.8. The van der Waals surface area contributed by atoms with E-state index in [-0.39, 0.29) is 110 Å². The minimum absolute atomic E-state index is 0. The van der Waals surface area contributed by atoms with Gasteiger partial charge in [-0.3, -0.25) is 72.8 Å². The number of imide groups is 3. The van der Waals surface area contributed by atoms with Gasteiger partial charge >= 0.3 is 0 Å². The van der Waals surface area contributed by atoms with Crippen LogP contribution in [-0.2, 0) is 72.6 Å². The molecule has 2 aromatic carbocycles. The first kappa shape index (κ1) is 81.2. The highest BCUT2D eigenvalue weighted by Gasteiger charge is 2.38. The van der Waals surface area contributed by atoms with Gasteiger partial charge in [-0.2, -0.15) is 22.0 Å². The van der Waals surface area contributed by atoms with Crippen LogP contribution < -0.4 is 25.9 Å². The minimum Gasteiger partial charge on any atom is -0.359 e. The zero-order chi connectivity index (χ0) is 65.9. The molecule has 0 spiro atoms. The summed E-state index contributed by atoms with van der Waals surface area (Å²) in [6.45, 7) is 13.7. The van der Waals surface area contributed by atoms with Crippen molar-refractivity contribution in [1.29, 1.82) is 0 Å². The highest BCUT2D eigenvalue weighted by Crippen LogP contribution is 2.28. The molecule has 90 heavy (non-hydrogen) atoms. The molecule has 25 nitrogen and oxygen atoms in total. The summed E-state index contributed by atoms with van der Waals surface area (Å²) < 4.78 is 1.62. The van der Waals surface area contributed by atoms with Crippen molar-refractivity contribution in [1.82, 2.24) is 30.2 Å². The van der Waals surface area contributed by atoms with Gasteiger partial charge in [0.05, 0.1) is 17.1 Å². The maximum Gasteiger partial charge on any atom is 0.265 e. The van der Waals surface area contributed by atoms with Crippen LogP contribution in [0.2, 0.25) is 0 Å². The van der Waals surface area contributed by atoms with Crippen LogP contribution in [0.3, 0.4) is 0 Å². The van der Waals surface area contributed by atoms with Crippen molar-refractivity contribution in [2.75, 3.05) is 53.2 Å². The summed E-state index contributed by atoms with van der Waals surface area (Å²) in [4.78, 5) is 143. The summed E-state index contributed by atoms with van der Waals surface area (Å²) in [5, 5.41) is 23.3. The van der Waals surface area contributed by atoms with Crippen LogP contribution in [0.15, 0.2) is 88.4 Å². The van der Waals surface area contributed by atoms with Gasteiger partial charge in [-0.15, -0.1) is 10.2 Å². The predicted octanol–water partition coefficient (Wildman–Crippen LogP) is 9.39. The Morgan fingerprint density at radius 2 is 1.22 bits per heavy atom. The Bertz CT molecular complexity index is 3060. The Morgan fingerprint density at radius 3 is 1.64 bits per heavy atom. The number of carbonyl (C=O) groups excluding carboxylic acids is 12. The molecule has 9 amide bonds. The number of anilines is 4. The lowest BCUT2D eigenvalue weighted by Gasteiger charge is -2.14. The molecule has 3 unspecified atom stereocenters. The maximum absolute atomic E-state index is 11.9. The number of hydrazone groups is 1. The molecule has 0 aliphatic carbocycles. The monoisotopic (exact) mass is 1270 g/mol. The molecule has 3 atom stereocenters. The van der Waals surface area contributed by atoms with E-state index in [1.807, 2.05) is 24.6 Å². The van der Waals surface area contributed by atoms with Crippen LogP contribution in [0, 0.1) is 17.8 Å². The van der Waals surface area contributed by atoms with Crippen LogP contribution in [0.4, 0.5) is 22.9 Å². The highest BCUT2D eigenvalue weighted by molar-refractivity contribution is 7.98. The average Bonchev–Trinajstić information content (AvgIpc) is 1.77. The lowest BCUT2D eigenvalue weighted by atomic mass is 10.1. The van der Waals surface area contributed by atoms with E-state index in [2.05, 4.69) is 46.7 Å². The molecule has 492 valence electrons. The lowest BCUT2D eigenvalue weighted by molar-refractivity contribution is -0.139. The molecule has 5 heterocycles. The number of carbonyl (C=O) groups is 12. The fourth-order valence-corrected chi connectivity index (χ4v) is 8.67. The molecule has 26 heteroatoms. The molecule has 3 N–H and O–H groups in total. The number of unbranched alkanes of at least 4 members (excludes halogenated alkanes) is 2. The van der Waals surface area contributed by atoms with Crippen molar-refractivity contribution in [2.45, 2.75) is 154 Å². The Balaban J connectivity index is 0.00000107. The Hall–Kier alpha value is -8.81. The number of Topliss-reactive ketones (excluding diaryl/α,β-unsaturated/α-hetero) is 3. The SMILES string of the molecule is C.C.C/C=N/Nc1ccc(C(C)=O)cn1.CC(=O)CCCCCN1C(=O)CC(C)C1=O.CC(=O)CCCc1ccc(N2C(=O)CC(C)C2=O)cc1.CC(=O)Nc1ccc(N2C(=O)CC(C)C2=O)cc1.CN=NC(=O)CCSC.CNC(=O)CCc1cn(C)nn1. The van der Waals surface area contributed by atoms with E-state index in [1.165, 1.54) is 41.8 Å². The molecule has 3 saturated heterocycles. The first-order valence-electron chi connectivity index (χ1n) is 28.9. The highest BCUT2D eigenvalue weighted by atomic mass is 32.2. The Labute approximate surface area is 533 Å². The third-order valence-corrected chi connectivity index (χ3v) is 13.6. The average molecular weight is 1270 g/mol. The number of nitrogens with one attached hydrogen (secondary N) is 3. The van der Waals surface area contributed by atoms with Gasteiger partial charge in [0.15, 0.2) is 5.78 Å². The van der Waals surface area contributed by atoms with Crippen molar-refractivity contribution in [2.24, 2.45) is 40.1 Å². The van der Waals surface area contributed by atoms with Gasteiger partial charge in [-0.1, -0.05) is 59.4 Å². The normalized spacial score (nSPS) is 15.5. The van der Waals surface area contributed by atoms with E-state index in [0.29, 0.717) is 79.9 Å². The number of amides is 9. The van der Waals surface area contributed by atoms with Crippen LogP contribution in [-0.4, -0.2) is 134 Å². The van der Waals surface area contributed by atoms with Crippen molar-refractivity contribution < 1.29 is 57.5 Å². The van der Waals surface area contributed by atoms with Gasteiger partial charge in [-0.05, 0) is 114 Å². The van der Waals surface area contributed by atoms with Gasteiger partial charge in [0, 0.05) is 139 Å². The summed E-state index contributed by atoms with van der Waals surface area (Å²) >= 11 is 1.63.